The summed E-state index contributed by atoms with van der Waals surface area (Å²) in [5.41, 5.74) is 0.431. The SMILES string of the molecule is CNC(CCO)CN1CCC(C(C)(C)C)C1. The number of likely N-dealkylation sites (N-methyl/N-ethyl adjacent to an activating group) is 1. The molecule has 0 saturated carbocycles. The highest BCUT2D eigenvalue weighted by atomic mass is 16.3. The fourth-order valence-corrected chi connectivity index (χ4v) is 2.50. The lowest BCUT2D eigenvalue weighted by molar-refractivity contribution is 0.205. The number of rotatable bonds is 5. The number of hydrogen-bond acceptors (Lipinski definition) is 3. The molecule has 1 rings (SSSR count). The number of likely N-dealkylation sites (tertiary alicyclic amines) is 1. The normalized spacial score (nSPS) is 24.9. The third kappa shape index (κ3) is 4.04. The van der Waals surface area contributed by atoms with Gasteiger partial charge in [0, 0.05) is 25.7 Å². The summed E-state index contributed by atoms with van der Waals surface area (Å²) in [6.45, 7) is 10.8. The van der Waals surface area contributed by atoms with Crippen molar-refractivity contribution in [3.63, 3.8) is 0 Å². The van der Waals surface area contributed by atoms with Gasteiger partial charge in [-0.05, 0) is 37.8 Å². The van der Waals surface area contributed by atoms with E-state index in [1.54, 1.807) is 0 Å². The van der Waals surface area contributed by atoms with Gasteiger partial charge in [0.1, 0.15) is 0 Å². The molecule has 3 heteroatoms. The van der Waals surface area contributed by atoms with Crippen molar-refractivity contribution < 1.29 is 5.11 Å². The maximum absolute atomic E-state index is 8.96. The summed E-state index contributed by atoms with van der Waals surface area (Å²) in [4.78, 5) is 2.53. The third-order valence-corrected chi connectivity index (χ3v) is 3.86. The Kier molecular flexibility index (Phi) is 5.22. The molecule has 2 N–H and O–H groups in total. The van der Waals surface area contributed by atoms with Gasteiger partial charge in [-0.1, -0.05) is 20.8 Å². The van der Waals surface area contributed by atoms with E-state index in [9.17, 15) is 0 Å². The van der Waals surface area contributed by atoms with E-state index >= 15 is 0 Å². The summed E-state index contributed by atoms with van der Waals surface area (Å²) in [5.74, 6) is 0.819. The third-order valence-electron chi connectivity index (χ3n) is 3.86. The predicted molar refractivity (Wildman–Crippen MR) is 68.6 cm³/mol. The van der Waals surface area contributed by atoms with Crippen LogP contribution < -0.4 is 5.32 Å². The molecule has 0 spiro atoms. The van der Waals surface area contributed by atoms with Crippen LogP contribution in [0, 0.1) is 11.3 Å². The lowest BCUT2D eigenvalue weighted by Gasteiger charge is -2.28. The average molecular weight is 228 g/mol. The van der Waals surface area contributed by atoms with E-state index in [1.165, 1.54) is 19.5 Å². The van der Waals surface area contributed by atoms with Crippen LogP contribution in [-0.4, -0.2) is 49.3 Å². The van der Waals surface area contributed by atoms with E-state index in [0.717, 1.165) is 18.9 Å². The number of aliphatic hydroxyl groups is 1. The molecule has 2 atom stereocenters. The zero-order valence-corrected chi connectivity index (χ0v) is 11.3. The van der Waals surface area contributed by atoms with E-state index in [1.807, 2.05) is 7.05 Å². The molecule has 0 bridgehead atoms. The molecule has 0 aromatic rings. The first kappa shape index (κ1) is 13.9. The van der Waals surface area contributed by atoms with Crippen LogP contribution in [0.25, 0.3) is 0 Å². The van der Waals surface area contributed by atoms with Gasteiger partial charge in [-0.15, -0.1) is 0 Å². The van der Waals surface area contributed by atoms with Crippen LogP contribution in [0.1, 0.15) is 33.6 Å². The van der Waals surface area contributed by atoms with E-state index in [0.29, 0.717) is 11.5 Å². The summed E-state index contributed by atoms with van der Waals surface area (Å²) >= 11 is 0. The Hall–Kier alpha value is -0.120. The first-order valence-electron chi connectivity index (χ1n) is 6.48. The van der Waals surface area contributed by atoms with Crippen LogP contribution >= 0.6 is 0 Å². The molecule has 96 valence electrons. The van der Waals surface area contributed by atoms with Gasteiger partial charge in [-0.25, -0.2) is 0 Å². The van der Waals surface area contributed by atoms with Gasteiger partial charge in [0.2, 0.25) is 0 Å². The Bertz CT molecular complexity index is 201. The van der Waals surface area contributed by atoms with Gasteiger partial charge in [-0.3, -0.25) is 0 Å². The highest BCUT2D eigenvalue weighted by Gasteiger charge is 2.32. The van der Waals surface area contributed by atoms with Gasteiger partial charge in [0.05, 0.1) is 0 Å². The average Bonchev–Trinajstić information content (AvgIpc) is 2.65. The minimum atomic E-state index is 0.280. The van der Waals surface area contributed by atoms with Crippen molar-refractivity contribution in [3.8, 4) is 0 Å². The largest absolute Gasteiger partial charge is 0.396 e. The number of aliphatic hydroxyl groups excluding tert-OH is 1. The Labute approximate surface area is 100 Å². The van der Waals surface area contributed by atoms with Crippen LogP contribution in [0.5, 0.6) is 0 Å². The molecule has 0 aliphatic carbocycles. The molecule has 0 radical (unpaired) electrons. The zero-order valence-electron chi connectivity index (χ0n) is 11.3. The monoisotopic (exact) mass is 228 g/mol. The molecule has 2 unspecified atom stereocenters. The van der Waals surface area contributed by atoms with Crippen molar-refractivity contribution in [3.05, 3.63) is 0 Å². The Morgan fingerprint density at radius 3 is 2.56 bits per heavy atom. The van der Waals surface area contributed by atoms with Crippen molar-refractivity contribution in [1.29, 1.82) is 0 Å². The highest BCUT2D eigenvalue weighted by Crippen LogP contribution is 2.33. The highest BCUT2D eigenvalue weighted by molar-refractivity contribution is 4.85. The van der Waals surface area contributed by atoms with Gasteiger partial charge < -0.3 is 15.3 Å². The summed E-state index contributed by atoms with van der Waals surface area (Å²) < 4.78 is 0. The van der Waals surface area contributed by atoms with Gasteiger partial charge in [-0.2, -0.15) is 0 Å². The lowest BCUT2D eigenvalue weighted by atomic mass is 9.80. The van der Waals surface area contributed by atoms with Crippen LogP contribution in [0.2, 0.25) is 0 Å². The molecule has 1 fully saturated rings. The Morgan fingerprint density at radius 1 is 1.44 bits per heavy atom. The molecule has 1 saturated heterocycles. The standard InChI is InChI=1S/C13H28N2O/c1-13(2,3)11-5-7-15(9-11)10-12(14-4)6-8-16/h11-12,14,16H,5-10H2,1-4H3. The second-order valence-electron chi connectivity index (χ2n) is 6.11. The number of hydrogen-bond donors (Lipinski definition) is 2. The maximum Gasteiger partial charge on any atom is 0.0446 e. The van der Waals surface area contributed by atoms with Gasteiger partial charge in [0.15, 0.2) is 0 Å². The molecule has 1 aliphatic rings. The van der Waals surface area contributed by atoms with E-state index in [4.69, 9.17) is 5.11 Å². The van der Waals surface area contributed by atoms with Gasteiger partial charge in [0.25, 0.3) is 0 Å². The van der Waals surface area contributed by atoms with Crippen LogP contribution in [0.3, 0.4) is 0 Å². The van der Waals surface area contributed by atoms with E-state index in [2.05, 4.69) is 31.0 Å². The van der Waals surface area contributed by atoms with Crippen LogP contribution in [-0.2, 0) is 0 Å². The van der Waals surface area contributed by atoms with Crippen molar-refractivity contribution in [2.45, 2.75) is 39.7 Å². The topological polar surface area (TPSA) is 35.5 Å². The molecule has 0 aromatic heterocycles. The second kappa shape index (κ2) is 5.99. The quantitative estimate of drug-likeness (QED) is 0.745. The van der Waals surface area contributed by atoms with Crippen molar-refractivity contribution in [2.75, 3.05) is 33.3 Å². The zero-order chi connectivity index (χ0) is 12.2. The molecule has 1 aliphatic heterocycles. The van der Waals surface area contributed by atoms with Crippen molar-refractivity contribution >= 4 is 0 Å². The number of nitrogens with one attached hydrogen (secondary N) is 1. The smallest absolute Gasteiger partial charge is 0.0446 e. The summed E-state index contributed by atoms with van der Waals surface area (Å²) in [6.07, 6.45) is 2.17. The fourth-order valence-electron chi connectivity index (χ4n) is 2.50. The first-order valence-corrected chi connectivity index (χ1v) is 6.48. The van der Waals surface area contributed by atoms with Gasteiger partial charge >= 0.3 is 0 Å². The Balaban J connectivity index is 2.35. The predicted octanol–water partition coefficient (Wildman–Crippen LogP) is 1.32. The minimum absolute atomic E-state index is 0.280. The molecule has 16 heavy (non-hydrogen) atoms. The molecule has 0 aromatic carbocycles. The molecular formula is C13H28N2O. The molecular weight excluding hydrogens is 200 g/mol. The molecule has 1 heterocycles. The minimum Gasteiger partial charge on any atom is -0.396 e. The van der Waals surface area contributed by atoms with E-state index < -0.39 is 0 Å². The Morgan fingerprint density at radius 2 is 2.12 bits per heavy atom. The maximum atomic E-state index is 8.96. The lowest BCUT2D eigenvalue weighted by Crippen LogP contribution is -2.39. The summed E-state index contributed by atoms with van der Waals surface area (Å²) in [6, 6.07) is 0.434. The second-order valence-corrected chi connectivity index (χ2v) is 6.11. The van der Waals surface area contributed by atoms with Crippen molar-refractivity contribution in [2.24, 2.45) is 11.3 Å². The first-order chi connectivity index (χ1) is 7.47. The van der Waals surface area contributed by atoms with Crippen LogP contribution in [0.15, 0.2) is 0 Å². The summed E-state index contributed by atoms with van der Waals surface area (Å²) in [7, 11) is 1.98. The summed E-state index contributed by atoms with van der Waals surface area (Å²) in [5, 5.41) is 12.2. The number of nitrogens with zero attached hydrogens (tertiary/aromatic N) is 1. The van der Waals surface area contributed by atoms with Crippen molar-refractivity contribution in [1.82, 2.24) is 10.2 Å². The van der Waals surface area contributed by atoms with E-state index in [-0.39, 0.29) is 6.61 Å². The fraction of sp³-hybridized carbons (Fsp3) is 1.00. The van der Waals surface area contributed by atoms with Crippen LogP contribution in [0.4, 0.5) is 0 Å². The molecule has 3 nitrogen and oxygen atoms in total. The molecule has 0 amide bonds.